The van der Waals surface area contributed by atoms with E-state index in [0.717, 1.165) is 11.5 Å². The predicted molar refractivity (Wildman–Crippen MR) is 60.2 cm³/mol. The lowest BCUT2D eigenvalue weighted by Gasteiger charge is -2.03. The molecule has 1 aromatic rings. The molecule has 0 saturated heterocycles. The van der Waals surface area contributed by atoms with Gasteiger partial charge in [-0.2, -0.15) is 0 Å². The van der Waals surface area contributed by atoms with Crippen LogP contribution in [0, 0.1) is 11.8 Å². The van der Waals surface area contributed by atoms with Gasteiger partial charge in [-0.15, -0.1) is 0 Å². The summed E-state index contributed by atoms with van der Waals surface area (Å²) >= 11 is 0. The van der Waals surface area contributed by atoms with Gasteiger partial charge in [-0.25, -0.2) is 0 Å². The van der Waals surface area contributed by atoms with Crippen LogP contribution in [0.15, 0.2) is 24.3 Å². The van der Waals surface area contributed by atoms with E-state index < -0.39 is 0 Å². The van der Waals surface area contributed by atoms with Crippen molar-refractivity contribution in [2.45, 2.75) is 0 Å². The van der Waals surface area contributed by atoms with Gasteiger partial charge in [0.05, 0.1) is 13.7 Å². The zero-order chi connectivity index (χ0) is 10.9. The van der Waals surface area contributed by atoms with Gasteiger partial charge in [-0.3, -0.25) is 0 Å². The molecule has 1 aromatic carbocycles. The molecule has 0 saturated carbocycles. The lowest BCUT2D eigenvalue weighted by Crippen LogP contribution is -3.00. The number of methoxy groups -OCH3 is 1. The fourth-order valence-electron chi connectivity index (χ4n) is 0.993. The van der Waals surface area contributed by atoms with Crippen molar-refractivity contribution >= 4 is 0 Å². The van der Waals surface area contributed by atoms with Gasteiger partial charge in [-0.05, 0) is 31.3 Å². The summed E-state index contributed by atoms with van der Waals surface area (Å²) in [5.41, 5.74) is 0. The van der Waals surface area contributed by atoms with E-state index in [-0.39, 0.29) is 12.4 Å². The molecular formula is C12H15ClNO2-. The van der Waals surface area contributed by atoms with Crippen LogP contribution in [-0.4, -0.2) is 27.3 Å². The predicted octanol–water partition coefficient (Wildman–Crippen LogP) is -1.70. The lowest BCUT2D eigenvalue weighted by atomic mass is 10.3. The molecule has 4 heteroatoms. The van der Waals surface area contributed by atoms with Crippen molar-refractivity contribution in [2.75, 3.05) is 27.3 Å². The van der Waals surface area contributed by atoms with Gasteiger partial charge in [0.15, 0.2) is 0 Å². The maximum Gasteiger partial charge on any atom is 0.149 e. The Labute approximate surface area is 103 Å². The van der Waals surface area contributed by atoms with Crippen LogP contribution < -0.4 is 27.2 Å². The molecule has 1 rings (SSSR count). The minimum atomic E-state index is 0. The van der Waals surface area contributed by atoms with Crippen LogP contribution in [0.3, 0.4) is 0 Å². The summed E-state index contributed by atoms with van der Waals surface area (Å²) in [6.07, 6.45) is 0. The van der Waals surface area contributed by atoms with Crippen molar-refractivity contribution in [2.24, 2.45) is 0 Å². The molecular weight excluding hydrogens is 226 g/mol. The second-order valence-corrected chi connectivity index (χ2v) is 2.85. The lowest BCUT2D eigenvalue weighted by molar-refractivity contribution is -0.00000383. The number of halogens is 1. The van der Waals surface area contributed by atoms with Crippen molar-refractivity contribution < 1.29 is 21.9 Å². The number of rotatable bonds is 4. The largest absolute Gasteiger partial charge is 1.00 e. The highest BCUT2D eigenvalue weighted by atomic mass is 35.5. The highest BCUT2D eigenvalue weighted by Crippen LogP contribution is 2.16. The Hall–Kier alpha value is -1.37. The Morgan fingerprint density at radius 1 is 1.12 bits per heavy atom. The average molecular weight is 241 g/mol. The summed E-state index contributed by atoms with van der Waals surface area (Å²) in [5.74, 6) is 7.44. The molecule has 0 amide bonds. The van der Waals surface area contributed by atoms with Gasteiger partial charge < -0.3 is 27.2 Å². The molecule has 88 valence electrons. The fourth-order valence-corrected chi connectivity index (χ4v) is 0.993. The maximum absolute atomic E-state index is 5.40. The Morgan fingerprint density at radius 3 is 2.31 bits per heavy atom. The SMILES string of the molecule is CNCC#CCOc1ccc(OC)cc1.[Cl-]. The van der Waals surface area contributed by atoms with Crippen molar-refractivity contribution in [3.63, 3.8) is 0 Å². The Bertz CT molecular complexity index is 340. The first-order valence-corrected chi connectivity index (χ1v) is 4.74. The Morgan fingerprint density at radius 2 is 1.75 bits per heavy atom. The Kier molecular flexibility index (Phi) is 8.14. The monoisotopic (exact) mass is 240 g/mol. The first-order chi connectivity index (χ1) is 7.36. The van der Waals surface area contributed by atoms with Crippen LogP contribution in [0.1, 0.15) is 0 Å². The van der Waals surface area contributed by atoms with E-state index in [1.165, 1.54) is 0 Å². The van der Waals surface area contributed by atoms with Crippen LogP contribution >= 0.6 is 0 Å². The van der Waals surface area contributed by atoms with Gasteiger partial charge in [-0.1, -0.05) is 11.8 Å². The minimum Gasteiger partial charge on any atom is -1.00 e. The van der Waals surface area contributed by atoms with Crippen LogP contribution in [0.5, 0.6) is 11.5 Å². The number of nitrogens with one attached hydrogen (secondary N) is 1. The molecule has 3 nitrogen and oxygen atoms in total. The van der Waals surface area contributed by atoms with Crippen molar-refractivity contribution in [3.8, 4) is 23.3 Å². The first-order valence-electron chi connectivity index (χ1n) is 4.74. The zero-order valence-electron chi connectivity index (χ0n) is 9.42. The van der Waals surface area contributed by atoms with Crippen LogP contribution in [0.2, 0.25) is 0 Å². The summed E-state index contributed by atoms with van der Waals surface area (Å²) < 4.78 is 10.4. The molecule has 0 fully saturated rings. The normalized spacial score (nSPS) is 8.38. The topological polar surface area (TPSA) is 30.5 Å². The highest BCUT2D eigenvalue weighted by Gasteiger charge is 1.92. The van der Waals surface area contributed by atoms with E-state index in [0.29, 0.717) is 13.2 Å². The molecule has 0 unspecified atom stereocenters. The Balaban J connectivity index is 0.00000225. The van der Waals surface area contributed by atoms with Crippen LogP contribution in [-0.2, 0) is 0 Å². The smallest absolute Gasteiger partial charge is 0.149 e. The standard InChI is InChI=1S/C12H15NO2.ClH/c1-13-9-3-4-10-15-12-7-5-11(14-2)6-8-12;/h5-8,13H,9-10H2,1-2H3;1H/p-1. The molecule has 0 bridgehead atoms. The van der Waals surface area contributed by atoms with Crippen molar-refractivity contribution in [3.05, 3.63) is 24.3 Å². The van der Waals surface area contributed by atoms with Crippen molar-refractivity contribution in [1.82, 2.24) is 5.32 Å². The second kappa shape index (κ2) is 8.90. The van der Waals surface area contributed by atoms with Crippen LogP contribution in [0.25, 0.3) is 0 Å². The van der Waals surface area contributed by atoms with E-state index in [1.54, 1.807) is 7.11 Å². The first kappa shape index (κ1) is 14.6. The highest BCUT2D eigenvalue weighted by molar-refractivity contribution is 5.31. The molecule has 0 aliphatic rings. The summed E-state index contributed by atoms with van der Waals surface area (Å²) in [4.78, 5) is 0. The third-order valence-electron chi connectivity index (χ3n) is 1.76. The third-order valence-corrected chi connectivity index (χ3v) is 1.76. The van der Waals surface area contributed by atoms with E-state index in [1.807, 2.05) is 31.3 Å². The van der Waals surface area contributed by atoms with Gasteiger partial charge in [0.25, 0.3) is 0 Å². The molecule has 0 radical (unpaired) electrons. The molecule has 0 atom stereocenters. The van der Waals surface area contributed by atoms with Gasteiger partial charge in [0, 0.05) is 0 Å². The van der Waals surface area contributed by atoms with Crippen molar-refractivity contribution in [1.29, 1.82) is 0 Å². The summed E-state index contributed by atoms with van der Waals surface area (Å²) in [6.45, 7) is 1.10. The number of hydrogen-bond donors (Lipinski definition) is 1. The summed E-state index contributed by atoms with van der Waals surface area (Å²) in [6, 6.07) is 7.43. The number of ether oxygens (including phenoxy) is 2. The van der Waals surface area contributed by atoms with Gasteiger partial charge in [0.1, 0.15) is 18.1 Å². The van der Waals surface area contributed by atoms with Gasteiger partial charge in [0.2, 0.25) is 0 Å². The molecule has 0 aliphatic heterocycles. The van der Waals surface area contributed by atoms with Gasteiger partial charge >= 0.3 is 0 Å². The average Bonchev–Trinajstić information content (AvgIpc) is 2.30. The van der Waals surface area contributed by atoms with E-state index in [2.05, 4.69) is 17.2 Å². The third kappa shape index (κ3) is 5.50. The number of hydrogen-bond acceptors (Lipinski definition) is 3. The minimum absolute atomic E-state index is 0. The van der Waals surface area contributed by atoms with E-state index in [9.17, 15) is 0 Å². The molecule has 0 heterocycles. The zero-order valence-corrected chi connectivity index (χ0v) is 10.2. The quantitative estimate of drug-likeness (QED) is 0.637. The summed E-state index contributed by atoms with van der Waals surface area (Å²) in [7, 11) is 3.50. The van der Waals surface area contributed by atoms with Crippen LogP contribution in [0.4, 0.5) is 0 Å². The molecule has 1 N–H and O–H groups in total. The number of benzene rings is 1. The molecule has 16 heavy (non-hydrogen) atoms. The summed E-state index contributed by atoms with van der Waals surface area (Å²) in [5, 5.41) is 2.94. The van der Waals surface area contributed by atoms with E-state index >= 15 is 0 Å². The second-order valence-electron chi connectivity index (χ2n) is 2.85. The molecule has 0 spiro atoms. The molecule has 0 aliphatic carbocycles. The van der Waals surface area contributed by atoms with E-state index in [4.69, 9.17) is 9.47 Å². The fraction of sp³-hybridized carbons (Fsp3) is 0.333. The molecule has 0 aromatic heterocycles. The maximum atomic E-state index is 5.40.